The zero-order valence-corrected chi connectivity index (χ0v) is 12.2. The smallest absolute Gasteiger partial charge is 0.121 e. The molecule has 0 amide bonds. The monoisotopic (exact) mass is 289 g/mol. The summed E-state index contributed by atoms with van der Waals surface area (Å²) >= 11 is 0. The van der Waals surface area contributed by atoms with Gasteiger partial charge in [-0.3, -0.25) is 4.98 Å². The molecule has 0 unspecified atom stereocenters. The van der Waals surface area contributed by atoms with Crippen LogP contribution in [0.3, 0.4) is 0 Å². The molecule has 0 aliphatic carbocycles. The second kappa shape index (κ2) is 5.84. The molecule has 0 spiro atoms. The van der Waals surface area contributed by atoms with Crippen molar-refractivity contribution in [3.8, 4) is 22.9 Å². The SMILES string of the molecule is COc1ccc2c(-c3ccc(CN)cc3)c(C#N)cnc2c1. The Hall–Kier alpha value is -2.90. The van der Waals surface area contributed by atoms with Gasteiger partial charge in [-0.25, -0.2) is 0 Å². The highest BCUT2D eigenvalue weighted by Gasteiger charge is 2.11. The summed E-state index contributed by atoms with van der Waals surface area (Å²) in [5, 5.41) is 10.3. The molecule has 3 rings (SSSR count). The van der Waals surface area contributed by atoms with Crippen LogP contribution in [0, 0.1) is 11.3 Å². The number of ether oxygens (including phenoxy) is 1. The maximum atomic E-state index is 9.41. The minimum absolute atomic E-state index is 0.500. The first-order chi connectivity index (χ1) is 10.8. The first-order valence-corrected chi connectivity index (χ1v) is 6.93. The van der Waals surface area contributed by atoms with Crippen LogP contribution in [-0.4, -0.2) is 12.1 Å². The second-order valence-electron chi connectivity index (χ2n) is 4.94. The molecule has 22 heavy (non-hydrogen) atoms. The van der Waals surface area contributed by atoms with Gasteiger partial charge < -0.3 is 10.5 Å². The van der Waals surface area contributed by atoms with E-state index in [4.69, 9.17) is 10.5 Å². The summed E-state index contributed by atoms with van der Waals surface area (Å²) in [6.07, 6.45) is 1.61. The van der Waals surface area contributed by atoms with Crippen molar-refractivity contribution in [1.29, 1.82) is 5.26 Å². The molecule has 2 aromatic carbocycles. The Balaban J connectivity index is 2.27. The van der Waals surface area contributed by atoms with Crippen molar-refractivity contribution < 1.29 is 4.74 Å². The van der Waals surface area contributed by atoms with Gasteiger partial charge in [-0.05, 0) is 23.3 Å². The van der Waals surface area contributed by atoms with Gasteiger partial charge in [0.1, 0.15) is 11.8 Å². The quantitative estimate of drug-likeness (QED) is 0.803. The molecular formula is C18H15N3O. The van der Waals surface area contributed by atoms with Gasteiger partial charge in [-0.1, -0.05) is 24.3 Å². The van der Waals surface area contributed by atoms with E-state index in [0.717, 1.165) is 33.3 Å². The number of nitrogens with two attached hydrogens (primary N) is 1. The first kappa shape index (κ1) is 14.1. The van der Waals surface area contributed by atoms with Crippen LogP contribution >= 0.6 is 0 Å². The molecule has 4 heteroatoms. The number of methoxy groups -OCH3 is 1. The zero-order valence-electron chi connectivity index (χ0n) is 12.2. The number of nitriles is 1. The molecule has 0 fully saturated rings. The zero-order chi connectivity index (χ0) is 15.5. The highest BCUT2D eigenvalue weighted by molar-refractivity contribution is 5.97. The van der Waals surface area contributed by atoms with E-state index in [-0.39, 0.29) is 0 Å². The summed E-state index contributed by atoms with van der Waals surface area (Å²) in [6.45, 7) is 0.500. The van der Waals surface area contributed by atoms with Crippen LogP contribution in [-0.2, 0) is 6.54 Å². The van der Waals surface area contributed by atoms with Gasteiger partial charge >= 0.3 is 0 Å². The Morgan fingerprint density at radius 3 is 2.59 bits per heavy atom. The molecule has 0 saturated heterocycles. The summed E-state index contributed by atoms with van der Waals surface area (Å²) in [6, 6.07) is 15.8. The minimum atomic E-state index is 0.500. The third kappa shape index (κ3) is 2.39. The molecule has 0 saturated carbocycles. The fourth-order valence-corrected chi connectivity index (χ4v) is 2.50. The van der Waals surface area contributed by atoms with Crippen molar-refractivity contribution in [3.05, 3.63) is 59.8 Å². The lowest BCUT2D eigenvalue weighted by molar-refractivity contribution is 0.415. The molecule has 3 aromatic rings. The van der Waals surface area contributed by atoms with Gasteiger partial charge in [0.05, 0.1) is 18.2 Å². The molecule has 2 N–H and O–H groups in total. The van der Waals surface area contributed by atoms with Crippen LogP contribution in [0.5, 0.6) is 5.75 Å². The number of pyridine rings is 1. The van der Waals surface area contributed by atoms with Crippen molar-refractivity contribution in [1.82, 2.24) is 4.98 Å². The molecule has 4 nitrogen and oxygen atoms in total. The highest BCUT2D eigenvalue weighted by Crippen LogP contribution is 2.32. The van der Waals surface area contributed by atoms with E-state index in [1.807, 2.05) is 42.5 Å². The number of rotatable bonds is 3. The van der Waals surface area contributed by atoms with Crippen molar-refractivity contribution in [2.75, 3.05) is 7.11 Å². The van der Waals surface area contributed by atoms with Gasteiger partial charge in [0.15, 0.2) is 0 Å². The number of fused-ring (bicyclic) bond motifs is 1. The van der Waals surface area contributed by atoms with E-state index in [9.17, 15) is 5.26 Å². The number of aromatic nitrogens is 1. The van der Waals surface area contributed by atoms with Crippen LogP contribution in [0.2, 0.25) is 0 Å². The van der Waals surface area contributed by atoms with Crippen LogP contribution in [0.15, 0.2) is 48.7 Å². The van der Waals surface area contributed by atoms with Crippen molar-refractivity contribution in [2.24, 2.45) is 5.73 Å². The standard InChI is InChI=1S/C18H15N3O/c1-22-15-6-7-16-17(8-15)21-11-14(10-20)18(16)13-4-2-12(9-19)3-5-13/h2-8,11H,9,19H2,1H3. The molecule has 0 atom stereocenters. The highest BCUT2D eigenvalue weighted by atomic mass is 16.5. The number of hydrogen-bond donors (Lipinski definition) is 1. The van der Waals surface area contributed by atoms with Crippen molar-refractivity contribution in [2.45, 2.75) is 6.54 Å². The van der Waals surface area contributed by atoms with E-state index in [2.05, 4.69) is 11.1 Å². The molecular weight excluding hydrogens is 274 g/mol. The number of benzene rings is 2. The van der Waals surface area contributed by atoms with Crippen molar-refractivity contribution in [3.63, 3.8) is 0 Å². The van der Waals surface area contributed by atoms with Gasteiger partial charge in [-0.15, -0.1) is 0 Å². The van der Waals surface area contributed by atoms with Crippen LogP contribution in [0.1, 0.15) is 11.1 Å². The Morgan fingerprint density at radius 2 is 1.95 bits per heavy atom. The Morgan fingerprint density at radius 1 is 1.18 bits per heavy atom. The molecule has 1 aromatic heterocycles. The predicted molar refractivity (Wildman–Crippen MR) is 86.3 cm³/mol. The van der Waals surface area contributed by atoms with Gasteiger partial charge in [0, 0.05) is 29.8 Å². The van der Waals surface area contributed by atoms with E-state index >= 15 is 0 Å². The maximum absolute atomic E-state index is 9.41. The molecule has 0 radical (unpaired) electrons. The van der Waals surface area contributed by atoms with Gasteiger partial charge in [-0.2, -0.15) is 5.26 Å². The fraction of sp³-hybridized carbons (Fsp3) is 0.111. The summed E-state index contributed by atoms with van der Waals surface area (Å²) in [7, 11) is 1.62. The lowest BCUT2D eigenvalue weighted by Gasteiger charge is -2.10. The van der Waals surface area contributed by atoms with Crippen LogP contribution in [0.4, 0.5) is 0 Å². The molecule has 0 aliphatic heterocycles. The Labute approximate surface area is 128 Å². The molecule has 1 heterocycles. The molecule has 0 aliphatic rings. The lowest BCUT2D eigenvalue weighted by Crippen LogP contribution is -1.96. The second-order valence-corrected chi connectivity index (χ2v) is 4.94. The first-order valence-electron chi connectivity index (χ1n) is 6.93. The normalized spacial score (nSPS) is 10.4. The van der Waals surface area contributed by atoms with E-state index < -0.39 is 0 Å². The third-order valence-corrected chi connectivity index (χ3v) is 3.68. The molecule has 108 valence electrons. The van der Waals surface area contributed by atoms with Crippen molar-refractivity contribution >= 4 is 10.9 Å². The summed E-state index contributed by atoms with van der Waals surface area (Å²) in [5.41, 5.74) is 9.92. The number of nitrogens with zero attached hydrogens (tertiary/aromatic N) is 2. The van der Waals surface area contributed by atoms with Crippen LogP contribution < -0.4 is 10.5 Å². The molecule has 0 bridgehead atoms. The summed E-state index contributed by atoms with van der Waals surface area (Å²) < 4.78 is 5.24. The Kier molecular flexibility index (Phi) is 3.73. The fourth-order valence-electron chi connectivity index (χ4n) is 2.50. The summed E-state index contributed by atoms with van der Waals surface area (Å²) in [5.74, 6) is 0.745. The largest absolute Gasteiger partial charge is 0.497 e. The third-order valence-electron chi connectivity index (χ3n) is 3.68. The van der Waals surface area contributed by atoms with E-state index in [1.54, 1.807) is 13.3 Å². The van der Waals surface area contributed by atoms with E-state index in [0.29, 0.717) is 12.1 Å². The Bertz CT molecular complexity index is 864. The average molecular weight is 289 g/mol. The predicted octanol–water partition coefficient (Wildman–Crippen LogP) is 3.24. The topological polar surface area (TPSA) is 71.9 Å². The van der Waals surface area contributed by atoms with Gasteiger partial charge in [0.25, 0.3) is 0 Å². The summed E-state index contributed by atoms with van der Waals surface area (Å²) in [4.78, 5) is 4.36. The maximum Gasteiger partial charge on any atom is 0.121 e. The minimum Gasteiger partial charge on any atom is -0.497 e. The van der Waals surface area contributed by atoms with Gasteiger partial charge in [0.2, 0.25) is 0 Å². The number of hydrogen-bond acceptors (Lipinski definition) is 4. The van der Waals surface area contributed by atoms with E-state index in [1.165, 1.54) is 0 Å². The lowest BCUT2D eigenvalue weighted by atomic mass is 9.96. The average Bonchev–Trinajstić information content (AvgIpc) is 2.60. The van der Waals surface area contributed by atoms with Crippen LogP contribution in [0.25, 0.3) is 22.0 Å².